The Morgan fingerprint density at radius 3 is 1.76 bits per heavy atom. The molecule has 0 unspecified atom stereocenters. The van der Waals surface area contributed by atoms with Gasteiger partial charge >= 0.3 is 79.7 Å². The van der Waals surface area contributed by atoms with Crippen LogP contribution in [0.1, 0.15) is 0 Å². The number of hydrazine groups is 1. The van der Waals surface area contributed by atoms with Crippen molar-refractivity contribution in [1.29, 1.82) is 0 Å². The zero-order chi connectivity index (χ0) is 15.0. The summed E-state index contributed by atoms with van der Waals surface area (Å²) < 4.78 is 59.6. The van der Waals surface area contributed by atoms with Crippen molar-refractivity contribution >= 4 is 109 Å². The Morgan fingerprint density at radius 1 is 0.952 bits per heavy atom. The summed E-state index contributed by atoms with van der Waals surface area (Å²) in [4.78, 5) is 0. The molecule has 1 aromatic carbocycles. The maximum atomic E-state index is 10.8. The molecule has 0 aliphatic carbocycles. The Kier molecular flexibility index (Phi) is 10.3. The van der Waals surface area contributed by atoms with Gasteiger partial charge in [-0.25, -0.2) is 0 Å². The number of benzene rings is 1. The van der Waals surface area contributed by atoms with Crippen molar-refractivity contribution in [3.8, 4) is 5.75 Å². The van der Waals surface area contributed by atoms with E-state index in [0.29, 0.717) is 0 Å². The van der Waals surface area contributed by atoms with E-state index in [2.05, 4.69) is 0 Å². The summed E-state index contributed by atoms with van der Waals surface area (Å²) in [7, 11) is -10.7. The predicted molar refractivity (Wildman–Crippen MR) is 81.0 cm³/mol. The Morgan fingerprint density at radius 2 is 1.38 bits per heavy atom. The standard InChI is InChI=1S/C6H6Cl2N2O7S2.2Na.2H/c7-3-1-4(8)6(11)2-5(3)9-10(18(12,13)14)19(15,16)17;;;;/h1-2,9,11H,(H,12,13,14)(H,15,16,17);;;;. The van der Waals surface area contributed by atoms with E-state index in [1.165, 1.54) is 0 Å². The molecule has 0 radical (unpaired) electrons. The first kappa shape index (κ1) is 24.4. The first-order valence-corrected chi connectivity index (χ1v) is 7.68. The fraction of sp³-hybridized carbons (Fsp3) is 0. The molecular formula is C6H8Cl2N2Na2O7S2. The molecule has 0 aliphatic rings. The molecule has 1 rings (SSSR count). The van der Waals surface area contributed by atoms with Gasteiger partial charge in [0.2, 0.25) is 0 Å². The van der Waals surface area contributed by atoms with Crippen LogP contribution in [-0.4, -0.2) is 94.0 Å². The van der Waals surface area contributed by atoms with E-state index >= 15 is 0 Å². The van der Waals surface area contributed by atoms with Gasteiger partial charge in [0.05, 0.1) is 15.7 Å². The van der Waals surface area contributed by atoms with E-state index in [1.54, 1.807) is 5.43 Å². The van der Waals surface area contributed by atoms with Gasteiger partial charge in [0.25, 0.3) is 0 Å². The van der Waals surface area contributed by atoms with Crippen LogP contribution in [0.15, 0.2) is 12.1 Å². The van der Waals surface area contributed by atoms with Crippen LogP contribution in [0, 0.1) is 0 Å². The summed E-state index contributed by atoms with van der Waals surface area (Å²) >= 11 is 11.1. The van der Waals surface area contributed by atoms with Gasteiger partial charge in [-0.3, -0.25) is 14.5 Å². The van der Waals surface area contributed by atoms with Crippen molar-refractivity contribution in [3.63, 3.8) is 0 Å². The van der Waals surface area contributed by atoms with Crippen LogP contribution in [0.5, 0.6) is 5.75 Å². The number of hydrogen-bond donors (Lipinski definition) is 4. The van der Waals surface area contributed by atoms with Crippen LogP contribution in [0.4, 0.5) is 5.69 Å². The number of rotatable bonds is 4. The topological polar surface area (TPSA) is 144 Å². The van der Waals surface area contributed by atoms with Gasteiger partial charge in [-0.1, -0.05) is 23.2 Å². The molecule has 4 N–H and O–H groups in total. The van der Waals surface area contributed by atoms with Gasteiger partial charge < -0.3 is 5.11 Å². The number of nitrogens with zero attached hydrogens (tertiary/aromatic N) is 1. The van der Waals surface area contributed by atoms with Gasteiger partial charge in [0.1, 0.15) is 5.75 Å². The number of hydrogen-bond acceptors (Lipinski definition) is 6. The van der Waals surface area contributed by atoms with E-state index in [0.717, 1.165) is 12.1 Å². The second-order valence-corrected chi connectivity index (χ2v) is 6.62. The van der Waals surface area contributed by atoms with E-state index < -0.39 is 35.9 Å². The van der Waals surface area contributed by atoms with Crippen LogP contribution in [0.25, 0.3) is 0 Å². The average molecular weight is 401 g/mol. The van der Waals surface area contributed by atoms with Crippen molar-refractivity contribution in [1.82, 2.24) is 3.82 Å². The van der Waals surface area contributed by atoms with Gasteiger partial charge in [-0.15, -0.1) is 0 Å². The van der Waals surface area contributed by atoms with Crippen molar-refractivity contribution in [3.05, 3.63) is 22.2 Å². The molecule has 1 aromatic rings. The summed E-state index contributed by atoms with van der Waals surface area (Å²) in [6.45, 7) is 0. The third kappa shape index (κ3) is 7.08. The third-order valence-corrected chi connectivity index (χ3v) is 4.43. The van der Waals surface area contributed by atoms with Gasteiger partial charge in [-0.2, -0.15) is 16.8 Å². The van der Waals surface area contributed by atoms with Crippen LogP contribution < -0.4 is 5.43 Å². The molecule has 0 heterocycles. The minimum atomic E-state index is -5.35. The van der Waals surface area contributed by atoms with E-state index in [9.17, 15) is 21.9 Å². The van der Waals surface area contributed by atoms with Gasteiger partial charge in [-0.05, 0) is 6.07 Å². The monoisotopic (exact) mass is 400 g/mol. The Labute approximate surface area is 174 Å². The second-order valence-electron chi connectivity index (χ2n) is 3.05. The molecule has 0 aliphatic heterocycles. The number of phenolic OH excluding ortho intramolecular Hbond substituents is 1. The first-order chi connectivity index (χ1) is 8.43. The summed E-state index contributed by atoms with van der Waals surface area (Å²) in [5.41, 5.74) is 1.16. The van der Waals surface area contributed by atoms with Crippen LogP contribution in [0.3, 0.4) is 0 Å². The third-order valence-electron chi connectivity index (χ3n) is 1.67. The molecule has 21 heavy (non-hydrogen) atoms. The fourth-order valence-corrected chi connectivity index (χ4v) is 2.76. The molecule has 0 spiro atoms. The summed E-state index contributed by atoms with van der Waals surface area (Å²) in [5.74, 6) is -0.542. The zero-order valence-electron chi connectivity index (χ0n) is 8.65. The Balaban J connectivity index is 0. The number of halogens is 2. The molecule has 0 aromatic heterocycles. The van der Waals surface area contributed by atoms with Crippen molar-refractivity contribution < 1.29 is 31.0 Å². The number of aromatic hydroxyl groups is 1. The van der Waals surface area contributed by atoms with Crippen molar-refractivity contribution in [2.24, 2.45) is 0 Å². The SMILES string of the molecule is O=S(=O)(O)N(Nc1cc(O)c(Cl)cc1Cl)S(=O)(=O)O.[NaH].[NaH]. The van der Waals surface area contributed by atoms with Gasteiger partial charge in [0, 0.05) is 9.89 Å². The molecular weight excluding hydrogens is 393 g/mol. The molecule has 15 heteroatoms. The number of phenols is 1. The second kappa shape index (κ2) is 8.87. The average Bonchev–Trinajstić information content (AvgIpc) is 2.17. The Hall–Kier alpha value is 1.18. The Bertz CT molecular complexity index is 680. The first-order valence-electron chi connectivity index (χ1n) is 4.13. The summed E-state index contributed by atoms with van der Waals surface area (Å²) in [5, 5.41) is 8.81. The van der Waals surface area contributed by atoms with Gasteiger partial charge in [0.15, 0.2) is 0 Å². The van der Waals surface area contributed by atoms with E-state index in [1.807, 2.05) is 0 Å². The minimum absolute atomic E-state index is 0. The number of anilines is 1. The molecule has 0 amide bonds. The van der Waals surface area contributed by atoms with Crippen LogP contribution >= 0.6 is 23.2 Å². The zero-order valence-corrected chi connectivity index (χ0v) is 11.8. The molecule has 0 saturated carbocycles. The van der Waals surface area contributed by atoms with Crippen LogP contribution in [0.2, 0.25) is 10.0 Å². The summed E-state index contributed by atoms with van der Waals surface area (Å²) in [6, 6.07) is 1.76. The predicted octanol–water partition coefficient (Wildman–Crippen LogP) is -0.364. The summed E-state index contributed by atoms with van der Waals surface area (Å²) in [6.07, 6.45) is 0. The van der Waals surface area contributed by atoms with Crippen molar-refractivity contribution in [2.45, 2.75) is 0 Å². The molecule has 0 atom stereocenters. The maximum absolute atomic E-state index is 10.8. The molecule has 0 bridgehead atoms. The molecule has 0 fully saturated rings. The molecule has 0 saturated heterocycles. The van der Waals surface area contributed by atoms with Crippen molar-refractivity contribution in [2.75, 3.05) is 5.43 Å². The normalized spacial score (nSPS) is 11.5. The quantitative estimate of drug-likeness (QED) is 0.304. The van der Waals surface area contributed by atoms with E-state index in [-0.39, 0.29) is 69.2 Å². The van der Waals surface area contributed by atoms with Crippen LogP contribution in [-0.2, 0) is 20.6 Å². The molecule has 9 nitrogen and oxygen atoms in total. The number of nitrogens with one attached hydrogen (secondary N) is 1. The molecule has 112 valence electrons. The van der Waals surface area contributed by atoms with E-state index in [4.69, 9.17) is 32.3 Å². The fourth-order valence-electron chi connectivity index (χ4n) is 0.956.